The van der Waals surface area contributed by atoms with Crippen molar-refractivity contribution in [2.45, 2.75) is 45.6 Å². The summed E-state index contributed by atoms with van der Waals surface area (Å²) >= 11 is 0. The highest BCUT2D eigenvalue weighted by molar-refractivity contribution is 5.74. The van der Waals surface area contributed by atoms with Crippen LogP contribution in [0.5, 0.6) is 0 Å². The van der Waals surface area contributed by atoms with Gasteiger partial charge in [0.25, 0.3) is 0 Å². The molecule has 1 aliphatic rings. The standard InChI is InChI=1S/C19H26N4O2/c1-14-8-6-7-11-23(13-14)19(24)21-17(16-9-4-3-5-10-16)12-18-20-15(2)22-25-18/h3-5,9-10,14,17H,6-8,11-13H2,1-2H3,(H,21,24). The zero-order valence-electron chi connectivity index (χ0n) is 14.9. The number of carbonyl (C=O) groups excluding carboxylic acids is 1. The van der Waals surface area contributed by atoms with Gasteiger partial charge in [0, 0.05) is 13.1 Å². The summed E-state index contributed by atoms with van der Waals surface area (Å²) in [5, 5.41) is 7.01. The van der Waals surface area contributed by atoms with Gasteiger partial charge in [0.15, 0.2) is 5.82 Å². The van der Waals surface area contributed by atoms with E-state index < -0.39 is 0 Å². The number of carbonyl (C=O) groups is 1. The van der Waals surface area contributed by atoms with Crippen LogP contribution in [0, 0.1) is 12.8 Å². The van der Waals surface area contributed by atoms with Crippen LogP contribution < -0.4 is 5.32 Å². The van der Waals surface area contributed by atoms with Gasteiger partial charge in [0.2, 0.25) is 5.89 Å². The summed E-state index contributed by atoms with van der Waals surface area (Å²) < 4.78 is 5.25. The van der Waals surface area contributed by atoms with E-state index in [4.69, 9.17) is 4.52 Å². The Morgan fingerprint density at radius 1 is 1.36 bits per heavy atom. The second kappa shape index (κ2) is 8.14. The zero-order chi connectivity index (χ0) is 17.6. The molecule has 2 amide bonds. The zero-order valence-corrected chi connectivity index (χ0v) is 14.9. The Morgan fingerprint density at radius 2 is 2.16 bits per heavy atom. The van der Waals surface area contributed by atoms with Crippen molar-refractivity contribution in [3.63, 3.8) is 0 Å². The lowest BCUT2D eigenvalue weighted by Gasteiger charge is -2.26. The fourth-order valence-electron chi connectivity index (χ4n) is 3.31. The topological polar surface area (TPSA) is 71.3 Å². The maximum Gasteiger partial charge on any atom is 0.317 e. The largest absolute Gasteiger partial charge is 0.339 e. The summed E-state index contributed by atoms with van der Waals surface area (Å²) in [5.41, 5.74) is 1.04. The van der Waals surface area contributed by atoms with E-state index >= 15 is 0 Å². The van der Waals surface area contributed by atoms with Gasteiger partial charge in [0.1, 0.15) is 0 Å². The molecule has 0 bridgehead atoms. The van der Waals surface area contributed by atoms with Crippen molar-refractivity contribution in [3.05, 3.63) is 47.6 Å². The molecule has 134 valence electrons. The number of nitrogens with one attached hydrogen (secondary N) is 1. The lowest BCUT2D eigenvalue weighted by Crippen LogP contribution is -2.43. The second-order valence-corrected chi connectivity index (χ2v) is 6.90. The number of benzene rings is 1. The third-order valence-electron chi connectivity index (χ3n) is 4.64. The summed E-state index contributed by atoms with van der Waals surface area (Å²) in [5.74, 6) is 1.69. The lowest BCUT2D eigenvalue weighted by atomic mass is 10.0. The van der Waals surface area contributed by atoms with Gasteiger partial charge in [-0.15, -0.1) is 0 Å². The molecule has 25 heavy (non-hydrogen) atoms. The Morgan fingerprint density at radius 3 is 2.88 bits per heavy atom. The van der Waals surface area contributed by atoms with Crippen molar-refractivity contribution >= 4 is 6.03 Å². The average Bonchev–Trinajstić information content (AvgIpc) is 2.89. The average molecular weight is 342 g/mol. The van der Waals surface area contributed by atoms with Crippen molar-refractivity contribution < 1.29 is 9.32 Å². The van der Waals surface area contributed by atoms with Gasteiger partial charge < -0.3 is 14.7 Å². The molecule has 6 nitrogen and oxygen atoms in total. The van der Waals surface area contributed by atoms with E-state index in [-0.39, 0.29) is 12.1 Å². The first-order chi connectivity index (χ1) is 12.1. The van der Waals surface area contributed by atoms with E-state index in [2.05, 4.69) is 22.4 Å². The molecule has 1 aliphatic heterocycles. The fourth-order valence-corrected chi connectivity index (χ4v) is 3.31. The van der Waals surface area contributed by atoms with Crippen LogP contribution in [0.25, 0.3) is 0 Å². The fraction of sp³-hybridized carbons (Fsp3) is 0.526. The molecule has 1 N–H and O–H groups in total. The summed E-state index contributed by atoms with van der Waals surface area (Å²) in [6.45, 7) is 5.63. The minimum Gasteiger partial charge on any atom is -0.339 e. The van der Waals surface area contributed by atoms with E-state index in [1.165, 1.54) is 12.8 Å². The van der Waals surface area contributed by atoms with Crippen molar-refractivity contribution in [1.29, 1.82) is 0 Å². The third-order valence-corrected chi connectivity index (χ3v) is 4.64. The summed E-state index contributed by atoms with van der Waals surface area (Å²) in [4.78, 5) is 19.0. The molecule has 2 atom stereocenters. The highest BCUT2D eigenvalue weighted by Gasteiger charge is 2.24. The van der Waals surface area contributed by atoms with E-state index in [0.29, 0.717) is 24.1 Å². The summed E-state index contributed by atoms with van der Waals surface area (Å²) in [6, 6.07) is 9.74. The molecule has 1 fully saturated rings. The van der Waals surface area contributed by atoms with Gasteiger partial charge in [-0.05, 0) is 31.2 Å². The number of urea groups is 1. The molecule has 1 aromatic heterocycles. The molecule has 3 rings (SSSR count). The predicted molar refractivity (Wildman–Crippen MR) is 95.0 cm³/mol. The van der Waals surface area contributed by atoms with Crippen LogP contribution in [0.3, 0.4) is 0 Å². The first kappa shape index (κ1) is 17.5. The van der Waals surface area contributed by atoms with E-state index in [1.807, 2.05) is 35.2 Å². The van der Waals surface area contributed by atoms with Gasteiger partial charge in [-0.2, -0.15) is 4.98 Å². The Labute approximate surface area is 148 Å². The lowest BCUT2D eigenvalue weighted by molar-refractivity contribution is 0.189. The molecule has 2 aromatic rings. The van der Waals surface area contributed by atoms with Gasteiger partial charge in [0.05, 0.1) is 12.5 Å². The Hall–Kier alpha value is -2.37. The highest BCUT2D eigenvalue weighted by Crippen LogP contribution is 2.20. The molecule has 1 aromatic carbocycles. The van der Waals surface area contributed by atoms with Gasteiger partial charge >= 0.3 is 6.03 Å². The first-order valence-corrected chi connectivity index (χ1v) is 9.01. The maximum atomic E-state index is 12.8. The van der Waals surface area contributed by atoms with Crippen LogP contribution in [0.15, 0.2) is 34.9 Å². The first-order valence-electron chi connectivity index (χ1n) is 9.01. The summed E-state index contributed by atoms with van der Waals surface area (Å²) in [7, 11) is 0. The Bertz CT molecular complexity index is 686. The van der Waals surface area contributed by atoms with Crippen LogP contribution in [-0.2, 0) is 6.42 Å². The molecule has 6 heteroatoms. The monoisotopic (exact) mass is 342 g/mol. The number of hydrogen-bond donors (Lipinski definition) is 1. The quantitative estimate of drug-likeness (QED) is 0.923. The van der Waals surface area contributed by atoms with Crippen LogP contribution in [0.4, 0.5) is 4.79 Å². The van der Waals surface area contributed by atoms with E-state index in [1.54, 1.807) is 6.92 Å². The van der Waals surface area contributed by atoms with E-state index in [0.717, 1.165) is 25.1 Å². The molecule has 0 spiro atoms. The SMILES string of the molecule is Cc1noc(CC(NC(=O)N2CCCCC(C)C2)c2ccccc2)n1. The molecular weight excluding hydrogens is 316 g/mol. The van der Waals surface area contributed by atoms with Crippen LogP contribution in [-0.4, -0.2) is 34.2 Å². The normalized spacial score (nSPS) is 19.3. The predicted octanol–water partition coefficient (Wildman–Crippen LogP) is 3.49. The maximum absolute atomic E-state index is 12.8. The van der Waals surface area contributed by atoms with Crippen molar-refractivity contribution in [2.24, 2.45) is 5.92 Å². The molecule has 1 saturated heterocycles. The molecule has 0 radical (unpaired) electrons. The molecular formula is C19H26N4O2. The number of hydrogen-bond acceptors (Lipinski definition) is 4. The number of aromatic nitrogens is 2. The van der Waals surface area contributed by atoms with E-state index in [9.17, 15) is 4.79 Å². The van der Waals surface area contributed by atoms with Gasteiger partial charge in [-0.1, -0.05) is 48.8 Å². The van der Waals surface area contributed by atoms with Crippen LogP contribution in [0.2, 0.25) is 0 Å². The minimum atomic E-state index is -0.188. The Balaban J connectivity index is 1.73. The highest BCUT2D eigenvalue weighted by atomic mass is 16.5. The summed E-state index contributed by atoms with van der Waals surface area (Å²) in [6.07, 6.45) is 3.93. The number of rotatable bonds is 4. The van der Waals surface area contributed by atoms with Crippen molar-refractivity contribution in [2.75, 3.05) is 13.1 Å². The number of aryl methyl sites for hydroxylation is 1. The van der Waals surface area contributed by atoms with Crippen LogP contribution in [0.1, 0.15) is 49.5 Å². The van der Waals surface area contributed by atoms with Crippen LogP contribution >= 0.6 is 0 Å². The Kier molecular flexibility index (Phi) is 5.68. The van der Waals surface area contributed by atoms with Crippen molar-refractivity contribution in [3.8, 4) is 0 Å². The smallest absolute Gasteiger partial charge is 0.317 e. The number of amides is 2. The van der Waals surface area contributed by atoms with Gasteiger partial charge in [-0.3, -0.25) is 0 Å². The second-order valence-electron chi connectivity index (χ2n) is 6.90. The molecule has 2 heterocycles. The van der Waals surface area contributed by atoms with Crippen molar-refractivity contribution in [1.82, 2.24) is 20.4 Å². The van der Waals surface area contributed by atoms with Gasteiger partial charge in [-0.25, -0.2) is 4.79 Å². The number of nitrogens with zero attached hydrogens (tertiary/aromatic N) is 3. The minimum absolute atomic E-state index is 0.0150. The number of likely N-dealkylation sites (tertiary alicyclic amines) is 1. The molecule has 2 unspecified atom stereocenters. The third kappa shape index (κ3) is 4.81. The molecule has 0 saturated carbocycles. The molecule has 0 aliphatic carbocycles.